The molecule has 0 saturated carbocycles. The summed E-state index contributed by atoms with van der Waals surface area (Å²) in [6.45, 7) is 2.02. The summed E-state index contributed by atoms with van der Waals surface area (Å²) < 4.78 is 60.8. The average Bonchev–Trinajstić information content (AvgIpc) is 2.76. The third kappa shape index (κ3) is 4.21. The maximum atomic E-state index is 12.5. The van der Waals surface area contributed by atoms with Gasteiger partial charge in [0.1, 0.15) is 0 Å². The van der Waals surface area contributed by atoms with Crippen LogP contribution in [0.5, 0.6) is 0 Å². The molecule has 0 amide bonds. The lowest BCUT2D eigenvalue weighted by molar-refractivity contribution is -0.0488. The second kappa shape index (κ2) is 6.74. The van der Waals surface area contributed by atoms with Crippen LogP contribution in [-0.2, 0) is 10.0 Å². The Kier molecular flexibility index (Phi) is 5.85. The van der Waals surface area contributed by atoms with Crippen molar-refractivity contribution in [3.05, 3.63) is 12.2 Å². The van der Waals surface area contributed by atoms with Gasteiger partial charge in [-0.2, -0.15) is 17.5 Å². The number of rotatable bonds is 6. The molecule has 1 unspecified atom stereocenters. The number of unbranched alkanes of at least 4 members (excludes halogenated alkanes) is 3. The molecule has 1 fully saturated rings. The maximum absolute atomic E-state index is 12.5. The normalized spacial score (nSPS) is 22.4. The highest BCUT2D eigenvalue weighted by molar-refractivity contribution is 7.90. The Morgan fingerprint density at radius 2 is 2.00 bits per heavy atom. The van der Waals surface area contributed by atoms with Crippen molar-refractivity contribution < 1.29 is 21.6 Å². The summed E-state index contributed by atoms with van der Waals surface area (Å²) >= 11 is 0. The molecule has 0 aromatic heterocycles. The van der Waals surface area contributed by atoms with Gasteiger partial charge >= 0.3 is 15.5 Å². The van der Waals surface area contributed by atoms with E-state index in [9.17, 15) is 21.6 Å². The van der Waals surface area contributed by atoms with Gasteiger partial charge in [-0.1, -0.05) is 31.9 Å². The molecule has 1 saturated heterocycles. The number of nitrogens with zero attached hydrogens (tertiary/aromatic N) is 1. The van der Waals surface area contributed by atoms with E-state index in [1.807, 2.05) is 0 Å². The first-order valence-corrected chi connectivity index (χ1v) is 7.99. The summed E-state index contributed by atoms with van der Waals surface area (Å²) in [5, 5.41) is 0. The molecule has 1 aliphatic heterocycles. The average molecular weight is 299 g/mol. The predicted octanol–water partition coefficient (Wildman–Crippen LogP) is 3.44. The van der Waals surface area contributed by atoms with Crippen molar-refractivity contribution in [1.29, 1.82) is 0 Å². The van der Waals surface area contributed by atoms with Gasteiger partial charge in [-0.3, -0.25) is 0 Å². The maximum Gasteiger partial charge on any atom is 0.511 e. The van der Waals surface area contributed by atoms with Crippen LogP contribution in [0.15, 0.2) is 12.2 Å². The first kappa shape index (κ1) is 16.5. The topological polar surface area (TPSA) is 37.4 Å². The highest BCUT2D eigenvalue weighted by Gasteiger charge is 2.52. The Balaban J connectivity index is 2.65. The number of alkyl halides is 3. The van der Waals surface area contributed by atoms with Gasteiger partial charge in [0.05, 0.1) is 0 Å². The van der Waals surface area contributed by atoms with Crippen LogP contribution in [0.3, 0.4) is 0 Å². The molecule has 0 bridgehead atoms. The largest absolute Gasteiger partial charge is 0.511 e. The third-order valence-corrected chi connectivity index (χ3v) is 4.84. The SMILES string of the molecule is CCCCC/C=C/C1CCCN1S(=O)(=O)C(F)(F)F. The molecule has 1 heterocycles. The number of sulfonamides is 1. The van der Waals surface area contributed by atoms with Gasteiger partial charge in [-0.15, -0.1) is 0 Å². The Morgan fingerprint density at radius 3 is 2.58 bits per heavy atom. The van der Waals surface area contributed by atoms with Crippen molar-refractivity contribution in [1.82, 2.24) is 4.31 Å². The van der Waals surface area contributed by atoms with E-state index in [1.165, 1.54) is 0 Å². The summed E-state index contributed by atoms with van der Waals surface area (Å²) in [4.78, 5) is 0. The highest BCUT2D eigenvalue weighted by Crippen LogP contribution is 2.32. The van der Waals surface area contributed by atoms with Crippen LogP contribution < -0.4 is 0 Å². The summed E-state index contributed by atoms with van der Waals surface area (Å²) in [6, 6.07) is -0.645. The summed E-state index contributed by atoms with van der Waals surface area (Å²) in [5.74, 6) is 0. The molecule has 1 aliphatic rings. The minimum absolute atomic E-state index is 0.0498. The first-order valence-electron chi connectivity index (χ1n) is 6.55. The van der Waals surface area contributed by atoms with Crippen LogP contribution in [0.4, 0.5) is 13.2 Å². The van der Waals surface area contributed by atoms with Gasteiger partial charge in [-0.05, 0) is 25.7 Å². The molecule has 3 nitrogen and oxygen atoms in total. The fraction of sp³-hybridized carbons (Fsp3) is 0.833. The third-order valence-electron chi connectivity index (χ3n) is 3.18. The van der Waals surface area contributed by atoms with Crippen molar-refractivity contribution in [3.63, 3.8) is 0 Å². The number of halogens is 3. The van der Waals surface area contributed by atoms with Gasteiger partial charge in [-0.25, -0.2) is 8.42 Å². The van der Waals surface area contributed by atoms with E-state index in [1.54, 1.807) is 12.2 Å². The molecule has 19 heavy (non-hydrogen) atoms. The molecule has 7 heteroatoms. The Bertz CT molecular complexity index is 404. The zero-order chi connectivity index (χ0) is 14.5. The second-order valence-electron chi connectivity index (χ2n) is 4.70. The van der Waals surface area contributed by atoms with Gasteiger partial charge in [0.15, 0.2) is 0 Å². The molecule has 0 radical (unpaired) electrons. The molecule has 0 aromatic carbocycles. The number of hydrogen-bond acceptors (Lipinski definition) is 2. The van der Waals surface area contributed by atoms with E-state index >= 15 is 0 Å². The first-order chi connectivity index (χ1) is 8.80. The number of allylic oxidation sites excluding steroid dienone is 1. The zero-order valence-corrected chi connectivity index (χ0v) is 11.8. The van der Waals surface area contributed by atoms with Gasteiger partial charge in [0, 0.05) is 12.6 Å². The molecular weight excluding hydrogens is 279 g/mol. The second-order valence-corrected chi connectivity index (χ2v) is 6.58. The lowest BCUT2D eigenvalue weighted by Gasteiger charge is -2.22. The molecule has 0 aromatic rings. The molecule has 112 valence electrons. The zero-order valence-electron chi connectivity index (χ0n) is 11.0. The predicted molar refractivity (Wildman–Crippen MR) is 68.0 cm³/mol. The van der Waals surface area contributed by atoms with E-state index in [2.05, 4.69) is 6.92 Å². The van der Waals surface area contributed by atoms with Crippen LogP contribution in [-0.4, -0.2) is 30.8 Å². The van der Waals surface area contributed by atoms with Crippen LogP contribution in [0.1, 0.15) is 45.4 Å². The smallest absolute Gasteiger partial charge is 0.203 e. The molecular formula is C12H20F3NO2S. The Labute approximate surface area is 112 Å². The van der Waals surface area contributed by atoms with E-state index in [0.29, 0.717) is 17.1 Å². The monoisotopic (exact) mass is 299 g/mol. The van der Waals surface area contributed by atoms with Crippen molar-refractivity contribution in [2.45, 2.75) is 57.0 Å². The quantitative estimate of drug-likeness (QED) is 0.556. The molecule has 0 aliphatic carbocycles. The van der Waals surface area contributed by atoms with Crippen LogP contribution in [0, 0.1) is 0 Å². The van der Waals surface area contributed by atoms with Crippen LogP contribution in [0.25, 0.3) is 0 Å². The lowest BCUT2D eigenvalue weighted by Crippen LogP contribution is -2.42. The van der Waals surface area contributed by atoms with E-state index < -0.39 is 21.6 Å². The molecule has 1 atom stereocenters. The van der Waals surface area contributed by atoms with Crippen LogP contribution >= 0.6 is 0 Å². The van der Waals surface area contributed by atoms with Crippen molar-refractivity contribution >= 4 is 10.0 Å². The molecule has 1 rings (SSSR count). The lowest BCUT2D eigenvalue weighted by atomic mass is 10.1. The number of hydrogen-bond donors (Lipinski definition) is 0. The molecule has 0 spiro atoms. The van der Waals surface area contributed by atoms with E-state index in [0.717, 1.165) is 25.7 Å². The Hall–Kier alpha value is -0.560. The fourth-order valence-corrected chi connectivity index (χ4v) is 3.32. The van der Waals surface area contributed by atoms with Crippen molar-refractivity contribution in [3.8, 4) is 0 Å². The van der Waals surface area contributed by atoms with Gasteiger partial charge in [0.25, 0.3) is 0 Å². The van der Waals surface area contributed by atoms with E-state index in [-0.39, 0.29) is 6.54 Å². The minimum Gasteiger partial charge on any atom is -0.203 e. The summed E-state index contributed by atoms with van der Waals surface area (Å²) in [5.41, 5.74) is -5.20. The Morgan fingerprint density at radius 1 is 1.32 bits per heavy atom. The minimum atomic E-state index is -5.20. The van der Waals surface area contributed by atoms with Crippen molar-refractivity contribution in [2.24, 2.45) is 0 Å². The standard InChI is InChI=1S/C12H20F3NO2S/c1-2-3-4-5-6-8-11-9-7-10-16(11)19(17,18)12(13,14)15/h6,8,11H,2-5,7,9-10H2,1H3/b8-6+. The highest BCUT2D eigenvalue weighted by atomic mass is 32.2. The van der Waals surface area contributed by atoms with Crippen molar-refractivity contribution in [2.75, 3.05) is 6.54 Å². The summed E-state index contributed by atoms with van der Waals surface area (Å²) in [6.07, 6.45) is 8.23. The van der Waals surface area contributed by atoms with Gasteiger partial charge < -0.3 is 0 Å². The van der Waals surface area contributed by atoms with Crippen LogP contribution in [0.2, 0.25) is 0 Å². The molecule has 0 N–H and O–H groups in total. The van der Waals surface area contributed by atoms with E-state index in [4.69, 9.17) is 0 Å². The van der Waals surface area contributed by atoms with Gasteiger partial charge in [0.2, 0.25) is 0 Å². The summed E-state index contributed by atoms with van der Waals surface area (Å²) in [7, 11) is -5.19. The fourth-order valence-electron chi connectivity index (χ4n) is 2.16.